The van der Waals surface area contributed by atoms with Crippen LogP contribution in [0.3, 0.4) is 0 Å². The summed E-state index contributed by atoms with van der Waals surface area (Å²) >= 11 is 0. The second kappa shape index (κ2) is 15.7. The predicted molar refractivity (Wildman–Crippen MR) is 217 cm³/mol. The van der Waals surface area contributed by atoms with Crippen molar-refractivity contribution in [3.63, 3.8) is 0 Å². The molecule has 9 rings (SSSR count). The largest absolute Gasteiger partial charge is 0.508 e. The van der Waals surface area contributed by atoms with Crippen LogP contribution in [0.2, 0.25) is 0 Å². The van der Waals surface area contributed by atoms with E-state index in [-0.39, 0.29) is 17.7 Å². The molecule has 1 unspecified atom stereocenters. The number of anilines is 1. The Morgan fingerprint density at radius 2 is 1.56 bits per heavy atom. The van der Waals surface area contributed by atoms with Gasteiger partial charge in [0.2, 0.25) is 11.9 Å². The van der Waals surface area contributed by atoms with Crippen LogP contribution in [0.4, 0.5) is 5.95 Å². The quantitative estimate of drug-likeness (QED) is 0.159. The topological polar surface area (TPSA) is 120 Å². The molecule has 4 heterocycles. The molecular weight excluding hydrogens is 717 g/mol. The number of benzene rings is 4. The van der Waals surface area contributed by atoms with Crippen molar-refractivity contribution in [1.82, 2.24) is 25.1 Å². The standard InChI is InChI=1S/C46H46N6O5/c1-30-7-18-42(44(54)49-30)52-29-34-26-37(14-17-41(34)45(52)55)57-38-27-47-46(48-28-38)51-21-19-50(20-22-51)23-24-56-36-12-8-32(9-13-36)43-39(31-5-3-2-4-6-31)15-10-33-25-35(53)11-16-40(33)43/h2-6,8-9,11-14,16-17,25-28,39,42-43,53H,1,7,10,15,18-24,29H2,(H,49,54)/t39-,42?,43+/m1/s1. The molecule has 290 valence electrons. The lowest BCUT2D eigenvalue weighted by molar-refractivity contribution is -0.126. The van der Waals surface area contributed by atoms with Crippen LogP contribution in [-0.4, -0.2) is 82.1 Å². The first-order chi connectivity index (χ1) is 27.9. The summed E-state index contributed by atoms with van der Waals surface area (Å²) in [5.41, 5.74) is 7.23. The van der Waals surface area contributed by atoms with Crippen molar-refractivity contribution in [3.05, 3.63) is 149 Å². The zero-order valence-corrected chi connectivity index (χ0v) is 31.8. The fourth-order valence-electron chi connectivity index (χ4n) is 8.87. The zero-order chi connectivity index (χ0) is 38.9. The molecular formula is C46H46N6O5. The van der Waals surface area contributed by atoms with E-state index in [0.29, 0.717) is 66.4 Å². The second-order valence-electron chi connectivity index (χ2n) is 15.4. The van der Waals surface area contributed by atoms with Gasteiger partial charge in [-0.25, -0.2) is 9.97 Å². The number of carbonyl (C=O) groups is 2. The van der Waals surface area contributed by atoms with E-state index in [0.717, 1.165) is 56.9 Å². The summed E-state index contributed by atoms with van der Waals surface area (Å²) in [5.74, 6) is 3.19. The van der Waals surface area contributed by atoms with Crippen LogP contribution >= 0.6 is 0 Å². The zero-order valence-electron chi connectivity index (χ0n) is 31.8. The summed E-state index contributed by atoms with van der Waals surface area (Å²) in [6.07, 6.45) is 6.57. The first kappa shape index (κ1) is 36.4. The Labute approximate surface area is 332 Å². The lowest BCUT2D eigenvalue weighted by Gasteiger charge is -2.35. The van der Waals surface area contributed by atoms with Crippen LogP contribution in [0.1, 0.15) is 69.3 Å². The van der Waals surface area contributed by atoms with Crippen LogP contribution in [0.5, 0.6) is 23.0 Å². The van der Waals surface area contributed by atoms with Gasteiger partial charge in [-0.05, 0) is 102 Å². The number of piperazine rings is 1. The third-order valence-electron chi connectivity index (χ3n) is 11.8. The molecule has 11 nitrogen and oxygen atoms in total. The number of fused-ring (bicyclic) bond motifs is 2. The molecule has 0 spiro atoms. The number of aromatic hydroxyl groups is 1. The van der Waals surface area contributed by atoms with Gasteiger partial charge in [0, 0.05) is 56.4 Å². The SMILES string of the molecule is C=C1CCC(N2Cc3cc(Oc4cnc(N5CCN(CCOc6ccc([C@@H]7c8ccc(O)cc8CC[C@@H]7c7ccccc7)cc6)CC5)nc4)ccc3C2=O)C(=O)N1. The van der Waals surface area contributed by atoms with Crippen molar-refractivity contribution < 1.29 is 24.2 Å². The van der Waals surface area contributed by atoms with Crippen molar-refractivity contribution in [3.8, 4) is 23.0 Å². The molecule has 11 heteroatoms. The van der Waals surface area contributed by atoms with E-state index in [2.05, 4.69) is 92.3 Å². The van der Waals surface area contributed by atoms with Gasteiger partial charge >= 0.3 is 0 Å². The third-order valence-corrected chi connectivity index (χ3v) is 11.8. The molecule has 2 N–H and O–H groups in total. The molecule has 4 aromatic carbocycles. The molecule has 57 heavy (non-hydrogen) atoms. The summed E-state index contributed by atoms with van der Waals surface area (Å²) in [5, 5.41) is 13.0. The van der Waals surface area contributed by atoms with E-state index in [4.69, 9.17) is 9.47 Å². The van der Waals surface area contributed by atoms with Crippen LogP contribution in [0.25, 0.3) is 0 Å². The first-order valence-corrected chi connectivity index (χ1v) is 19.9. The van der Waals surface area contributed by atoms with Crippen LogP contribution in [0, 0.1) is 0 Å². The highest BCUT2D eigenvalue weighted by Crippen LogP contribution is 2.47. The average molecular weight is 763 g/mol. The van der Waals surface area contributed by atoms with E-state index in [1.165, 1.54) is 22.3 Å². The minimum atomic E-state index is -0.501. The van der Waals surface area contributed by atoms with Crippen molar-refractivity contribution in [2.75, 3.05) is 44.2 Å². The summed E-state index contributed by atoms with van der Waals surface area (Å²) in [6.45, 7) is 8.99. The Kier molecular flexibility index (Phi) is 10.1. The number of phenolic OH excluding ortho intramolecular Hbond substituents is 1. The summed E-state index contributed by atoms with van der Waals surface area (Å²) in [7, 11) is 0. The maximum atomic E-state index is 13.1. The number of aryl methyl sites for hydroxylation is 1. The van der Waals surface area contributed by atoms with Gasteiger partial charge in [-0.15, -0.1) is 0 Å². The molecule has 3 atom stereocenters. The molecule has 1 aromatic heterocycles. The number of allylic oxidation sites excluding steroid dienone is 1. The predicted octanol–water partition coefficient (Wildman–Crippen LogP) is 6.79. The van der Waals surface area contributed by atoms with Crippen LogP contribution < -0.4 is 19.7 Å². The molecule has 0 saturated carbocycles. The van der Waals surface area contributed by atoms with Crippen molar-refractivity contribution in [2.45, 2.75) is 50.1 Å². The monoisotopic (exact) mass is 762 g/mol. The van der Waals surface area contributed by atoms with Crippen molar-refractivity contribution in [2.24, 2.45) is 0 Å². The second-order valence-corrected chi connectivity index (χ2v) is 15.4. The highest BCUT2D eigenvalue weighted by atomic mass is 16.5. The summed E-state index contributed by atoms with van der Waals surface area (Å²) in [4.78, 5) is 41.0. The maximum absolute atomic E-state index is 13.1. The molecule has 2 saturated heterocycles. The molecule has 5 aromatic rings. The molecule has 2 amide bonds. The van der Waals surface area contributed by atoms with Gasteiger partial charge < -0.3 is 29.7 Å². The Morgan fingerprint density at radius 1 is 0.789 bits per heavy atom. The minimum absolute atomic E-state index is 0.141. The molecule has 1 aliphatic carbocycles. The van der Waals surface area contributed by atoms with Crippen molar-refractivity contribution in [1.29, 1.82) is 0 Å². The van der Waals surface area contributed by atoms with Gasteiger partial charge in [0.05, 0.1) is 12.4 Å². The number of carbonyl (C=O) groups excluding carboxylic acids is 2. The number of nitrogens with one attached hydrogen (secondary N) is 1. The number of amides is 2. The number of phenols is 1. The van der Waals surface area contributed by atoms with Gasteiger partial charge in [0.1, 0.15) is 29.9 Å². The van der Waals surface area contributed by atoms with E-state index >= 15 is 0 Å². The number of aromatic nitrogens is 2. The fourth-order valence-corrected chi connectivity index (χ4v) is 8.87. The summed E-state index contributed by atoms with van der Waals surface area (Å²) < 4.78 is 12.3. The Morgan fingerprint density at radius 3 is 2.33 bits per heavy atom. The Balaban J connectivity index is 0.751. The maximum Gasteiger partial charge on any atom is 0.255 e. The fraction of sp³-hybridized carbons (Fsp3) is 0.304. The number of hydrogen-bond donors (Lipinski definition) is 2. The van der Waals surface area contributed by atoms with Gasteiger partial charge in [-0.2, -0.15) is 0 Å². The highest BCUT2D eigenvalue weighted by Gasteiger charge is 2.38. The number of ether oxygens (including phenoxy) is 2. The van der Waals surface area contributed by atoms with Gasteiger partial charge in [0.15, 0.2) is 5.75 Å². The minimum Gasteiger partial charge on any atom is -0.508 e. The Hall–Kier alpha value is -6.20. The smallest absolute Gasteiger partial charge is 0.255 e. The number of piperidine rings is 1. The molecule has 4 aliphatic rings. The van der Waals surface area contributed by atoms with Crippen LogP contribution in [0.15, 0.2) is 116 Å². The number of hydrogen-bond acceptors (Lipinski definition) is 9. The molecule has 2 fully saturated rings. The molecule has 0 bridgehead atoms. The number of nitrogens with zero attached hydrogens (tertiary/aromatic N) is 5. The molecule has 0 radical (unpaired) electrons. The van der Waals surface area contributed by atoms with E-state index < -0.39 is 6.04 Å². The molecule has 3 aliphatic heterocycles. The third kappa shape index (κ3) is 7.67. The van der Waals surface area contributed by atoms with E-state index in [1.807, 2.05) is 18.2 Å². The first-order valence-electron chi connectivity index (χ1n) is 19.9. The Bertz CT molecular complexity index is 2270. The van der Waals surface area contributed by atoms with E-state index in [9.17, 15) is 14.7 Å². The lowest BCUT2D eigenvalue weighted by Crippen LogP contribution is -2.49. The highest BCUT2D eigenvalue weighted by molar-refractivity contribution is 6.01. The summed E-state index contributed by atoms with van der Waals surface area (Å²) in [6, 6.07) is 30.1. The van der Waals surface area contributed by atoms with Gasteiger partial charge in [0.25, 0.3) is 5.91 Å². The van der Waals surface area contributed by atoms with Crippen LogP contribution in [-0.2, 0) is 17.8 Å². The van der Waals surface area contributed by atoms with Crippen molar-refractivity contribution >= 4 is 17.8 Å². The lowest BCUT2D eigenvalue weighted by atomic mass is 9.69. The van der Waals surface area contributed by atoms with Gasteiger partial charge in [-0.3, -0.25) is 14.5 Å². The van der Waals surface area contributed by atoms with Gasteiger partial charge in [-0.1, -0.05) is 55.1 Å². The normalized spacial score (nSPS) is 20.8. The average Bonchev–Trinajstić information content (AvgIpc) is 3.56. The number of rotatable bonds is 10. The van der Waals surface area contributed by atoms with E-state index in [1.54, 1.807) is 29.4 Å².